The molecule has 1 atom stereocenters. The Hall–Kier alpha value is -2.48. The van der Waals surface area contributed by atoms with Gasteiger partial charge in [-0.2, -0.15) is 0 Å². The number of hydrogen-bond acceptors (Lipinski definition) is 4. The number of nitrogens with zero attached hydrogens (tertiary/aromatic N) is 1. The van der Waals surface area contributed by atoms with Gasteiger partial charge < -0.3 is 15.4 Å². The van der Waals surface area contributed by atoms with E-state index in [0.29, 0.717) is 10.2 Å². The van der Waals surface area contributed by atoms with Crippen LogP contribution in [0.25, 0.3) is 0 Å². The Labute approximate surface area is 146 Å². The highest BCUT2D eigenvalue weighted by molar-refractivity contribution is 9.10. The predicted octanol–water partition coefficient (Wildman–Crippen LogP) is 2.89. The van der Waals surface area contributed by atoms with E-state index in [9.17, 15) is 14.0 Å². The molecule has 0 fully saturated rings. The number of rotatable bonds is 5. The first-order valence-electron chi connectivity index (χ1n) is 7.00. The predicted molar refractivity (Wildman–Crippen MR) is 90.0 cm³/mol. The van der Waals surface area contributed by atoms with Crippen LogP contribution in [0.1, 0.15) is 5.69 Å². The fourth-order valence-electron chi connectivity index (χ4n) is 1.97. The average molecular weight is 396 g/mol. The van der Waals surface area contributed by atoms with E-state index in [1.807, 2.05) is 0 Å². The van der Waals surface area contributed by atoms with Crippen molar-refractivity contribution in [1.29, 1.82) is 0 Å². The molecule has 0 radical (unpaired) electrons. The third-order valence-corrected chi connectivity index (χ3v) is 3.60. The molecule has 2 amide bonds. The summed E-state index contributed by atoms with van der Waals surface area (Å²) in [7, 11) is 1.22. The van der Waals surface area contributed by atoms with Crippen LogP contribution >= 0.6 is 15.9 Å². The van der Waals surface area contributed by atoms with Gasteiger partial charge in [0.15, 0.2) is 0 Å². The van der Waals surface area contributed by atoms with E-state index in [4.69, 9.17) is 0 Å². The minimum atomic E-state index is -0.941. The number of urea groups is 1. The van der Waals surface area contributed by atoms with Crippen LogP contribution in [0.5, 0.6) is 0 Å². The number of aromatic nitrogens is 1. The van der Waals surface area contributed by atoms with Crippen molar-refractivity contribution in [3.8, 4) is 0 Å². The summed E-state index contributed by atoms with van der Waals surface area (Å²) in [5.41, 5.74) is 0.611. The molecule has 0 unspecified atom stereocenters. The molecule has 0 saturated carbocycles. The Morgan fingerprint density at radius 1 is 1.33 bits per heavy atom. The Bertz CT molecular complexity index is 728. The smallest absolute Gasteiger partial charge is 0.328 e. The summed E-state index contributed by atoms with van der Waals surface area (Å²) in [5, 5.41) is 4.82. The molecule has 2 rings (SSSR count). The van der Waals surface area contributed by atoms with Crippen molar-refractivity contribution in [3.63, 3.8) is 0 Å². The third kappa shape index (κ3) is 5.02. The standard InChI is InChI=1S/C16H15BrFN3O3/c1-24-15(22)14(9-11-4-2-3-7-19-11)21-16(23)20-13-6-5-10(17)8-12(13)18/h2-8,14H,9H2,1H3,(H2,20,21,23)/t14-/m1/s1. The average Bonchev–Trinajstić information content (AvgIpc) is 2.57. The highest BCUT2D eigenvalue weighted by Gasteiger charge is 2.23. The van der Waals surface area contributed by atoms with Gasteiger partial charge >= 0.3 is 12.0 Å². The second-order valence-corrected chi connectivity index (χ2v) is 5.74. The minimum Gasteiger partial charge on any atom is -0.467 e. The van der Waals surface area contributed by atoms with E-state index >= 15 is 0 Å². The molecule has 1 aromatic carbocycles. The minimum absolute atomic E-state index is 0.00264. The Morgan fingerprint density at radius 3 is 2.75 bits per heavy atom. The normalized spacial score (nSPS) is 11.5. The number of hydrogen-bond donors (Lipinski definition) is 2. The maximum absolute atomic E-state index is 13.7. The first kappa shape index (κ1) is 17.9. The number of amides is 2. The number of anilines is 1. The van der Waals surface area contributed by atoms with Crippen LogP contribution in [-0.2, 0) is 16.0 Å². The summed E-state index contributed by atoms with van der Waals surface area (Å²) in [5.74, 6) is -1.22. The lowest BCUT2D eigenvalue weighted by Gasteiger charge is -2.17. The molecule has 6 nitrogen and oxygen atoms in total. The molecule has 0 aliphatic rings. The number of ether oxygens (including phenoxy) is 1. The van der Waals surface area contributed by atoms with Crippen LogP contribution < -0.4 is 10.6 Å². The van der Waals surface area contributed by atoms with Gasteiger partial charge in [-0.15, -0.1) is 0 Å². The largest absolute Gasteiger partial charge is 0.467 e. The van der Waals surface area contributed by atoms with Gasteiger partial charge in [0.05, 0.1) is 12.8 Å². The van der Waals surface area contributed by atoms with Crippen LogP contribution in [0.3, 0.4) is 0 Å². The SMILES string of the molecule is COC(=O)[C@@H](Cc1ccccn1)NC(=O)Nc1ccc(Br)cc1F. The van der Waals surface area contributed by atoms with Crippen LogP contribution in [-0.4, -0.2) is 30.1 Å². The van der Waals surface area contributed by atoms with Gasteiger partial charge in [0.1, 0.15) is 11.9 Å². The zero-order chi connectivity index (χ0) is 17.5. The van der Waals surface area contributed by atoms with Crippen molar-refractivity contribution in [2.45, 2.75) is 12.5 Å². The van der Waals surface area contributed by atoms with E-state index in [2.05, 4.69) is 36.3 Å². The number of carbonyl (C=O) groups is 2. The van der Waals surface area contributed by atoms with Crippen LogP contribution in [0.15, 0.2) is 47.1 Å². The summed E-state index contributed by atoms with van der Waals surface area (Å²) in [4.78, 5) is 28.0. The summed E-state index contributed by atoms with van der Waals surface area (Å²) in [6, 6.07) is 7.80. The lowest BCUT2D eigenvalue weighted by atomic mass is 10.1. The molecule has 2 aromatic rings. The van der Waals surface area contributed by atoms with E-state index in [1.54, 1.807) is 30.5 Å². The molecule has 0 bridgehead atoms. The molecule has 0 spiro atoms. The summed E-state index contributed by atoms with van der Waals surface area (Å²) in [6.07, 6.45) is 1.74. The van der Waals surface area contributed by atoms with Crippen molar-refractivity contribution >= 4 is 33.6 Å². The zero-order valence-corrected chi connectivity index (χ0v) is 14.3. The fraction of sp³-hybridized carbons (Fsp3) is 0.188. The molecular weight excluding hydrogens is 381 g/mol. The molecule has 8 heteroatoms. The van der Waals surface area contributed by atoms with Crippen molar-refractivity contribution in [3.05, 3.63) is 58.6 Å². The van der Waals surface area contributed by atoms with Crippen molar-refractivity contribution in [1.82, 2.24) is 10.3 Å². The Balaban J connectivity index is 2.05. The van der Waals surface area contributed by atoms with Crippen molar-refractivity contribution < 1.29 is 18.7 Å². The number of pyridine rings is 1. The van der Waals surface area contributed by atoms with E-state index in [-0.39, 0.29) is 12.1 Å². The van der Waals surface area contributed by atoms with Gasteiger partial charge in [0, 0.05) is 22.8 Å². The molecule has 126 valence electrons. The van der Waals surface area contributed by atoms with Gasteiger partial charge in [0.2, 0.25) is 0 Å². The summed E-state index contributed by atoms with van der Waals surface area (Å²) in [6.45, 7) is 0. The van der Waals surface area contributed by atoms with Gasteiger partial charge in [-0.3, -0.25) is 4.98 Å². The molecular formula is C16H15BrFN3O3. The molecule has 0 saturated heterocycles. The maximum Gasteiger partial charge on any atom is 0.328 e. The fourth-order valence-corrected chi connectivity index (χ4v) is 2.30. The van der Waals surface area contributed by atoms with Crippen LogP contribution in [0, 0.1) is 5.82 Å². The molecule has 2 N–H and O–H groups in total. The zero-order valence-electron chi connectivity index (χ0n) is 12.8. The Kier molecular flexibility index (Phi) is 6.25. The first-order chi connectivity index (χ1) is 11.5. The molecule has 0 aliphatic carbocycles. The van der Waals surface area contributed by atoms with Crippen LogP contribution in [0.4, 0.5) is 14.9 Å². The van der Waals surface area contributed by atoms with Gasteiger partial charge in [-0.1, -0.05) is 22.0 Å². The van der Waals surface area contributed by atoms with Crippen molar-refractivity contribution in [2.75, 3.05) is 12.4 Å². The third-order valence-electron chi connectivity index (χ3n) is 3.11. The number of benzene rings is 1. The lowest BCUT2D eigenvalue weighted by molar-refractivity contribution is -0.142. The van der Waals surface area contributed by atoms with Crippen molar-refractivity contribution in [2.24, 2.45) is 0 Å². The van der Waals surface area contributed by atoms with Gasteiger partial charge in [0.25, 0.3) is 0 Å². The first-order valence-corrected chi connectivity index (χ1v) is 7.79. The second kappa shape index (κ2) is 8.39. The monoisotopic (exact) mass is 395 g/mol. The maximum atomic E-state index is 13.7. The number of halogens is 2. The molecule has 24 heavy (non-hydrogen) atoms. The Morgan fingerprint density at radius 2 is 2.12 bits per heavy atom. The molecule has 1 aromatic heterocycles. The number of carbonyl (C=O) groups excluding carboxylic acids is 2. The quantitative estimate of drug-likeness (QED) is 0.762. The number of methoxy groups -OCH3 is 1. The molecule has 0 aliphatic heterocycles. The van der Waals surface area contributed by atoms with Gasteiger partial charge in [-0.05, 0) is 30.3 Å². The molecule has 1 heterocycles. The van der Waals surface area contributed by atoms with E-state index in [0.717, 1.165) is 0 Å². The summed E-state index contributed by atoms with van der Waals surface area (Å²) < 4.78 is 19.0. The highest BCUT2D eigenvalue weighted by Crippen LogP contribution is 2.19. The second-order valence-electron chi connectivity index (χ2n) is 4.82. The van der Waals surface area contributed by atoms with E-state index < -0.39 is 23.9 Å². The number of nitrogens with one attached hydrogen (secondary N) is 2. The lowest BCUT2D eigenvalue weighted by Crippen LogP contribution is -2.45. The van der Waals surface area contributed by atoms with E-state index in [1.165, 1.54) is 19.2 Å². The topological polar surface area (TPSA) is 80.3 Å². The highest BCUT2D eigenvalue weighted by atomic mass is 79.9. The number of esters is 1. The summed E-state index contributed by atoms with van der Waals surface area (Å²) >= 11 is 3.13. The van der Waals surface area contributed by atoms with Crippen LogP contribution in [0.2, 0.25) is 0 Å². The van der Waals surface area contributed by atoms with Gasteiger partial charge in [-0.25, -0.2) is 14.0 Å².